The lowest BCUT2D eigenvalue weighted by atomic mass is 10.0. The van der Waals surface area contributed by atoms with Gasteiger partial charge < -0.3 is 10.1 Å². The fourth-order valence-corrected chi connectivity index (χ4v) is 3.44. The van der Waals surface area contributed by atoms with Crippen LogP contribution in [-0.4, -0.2) is 39.5 Å². The van der Waals surface area contributed by atoms with Crippen molar-refractivity contribution in [3.8, 4) is 11.3 Å². The van der Waals surface area contributed by atoms with Crippen molar-refractivity contribution < 1.29 is 14.7 Å². The second kappa shape index (κ2) is 6.18. The molecule has 2 N–H and O–H groups in total. The number of aliphatic hydroxyl groups excluding tert-OH is 1. The zero-order valence-corrected chi connectivity index (χ0v) is 13.6. The molecule has 2 aromatic carbocycles. The number of nitrogens with zero attached hydrogens (tertiary/aromatic N) is 1. The molecule has 2 amide bonds. The third-order valence-corrected chi connectivity index (χ3v) is 4.68. The standard InChI is InChI=1S/C20H18N2O3/c23-17-12-18(24)22(20(17)25)11-10-15-14-8-4-5-9-16(14)21-19(15)13-6-2-1-3-7-13/h1-9,17,21,23H,10-12H2/t17-/m0/s1. The van der Waals surface area contributed by atoms with Gasteiger partial charge in [-0.1, -0.05) is 48.5 Å². The summed E-state index contributed by atoms with van der Waals surface area (Å²) >= 11 is 0. The summed E-state index contributed by atoms with van der Waals surface area (Å²) in [7, 11) is 0. The number of imide groups is 1. The van der Waals surface area contributed by atoms with Crippen molar-refractivity contribution in [2.75, 3.05) is 6.54 Å². The molecule has 1 fully saturated rings. The van der Waals surface area contributed by atoms with E-state index in [0.29, 0.717) is 6.42 Å². The number of nitrogens with one attached hydrogen (secondary N) is 1. The number of hydrogen-bond acceptors (Lipinski definition) is 3. The van der Waals surface area contributed by atoms with Gasteiger partial charge in [-0.2, -0.15) is 0 Å². The van der Waals surface area contributed by atoms with Gasteiger partial charge in [0.05, 0.1) is 6.42 Å². The minimum Gasteiger partial charge on any atom is -0.383 e. The summed E-state index contributed by atoms with van der Waals surface area (Å²) < 4.78 is 0. The Hall–Kier alpha value is -2.92. The van der Waals surface area contributed by atoms with Crippen LogP contribution in [0.1, 0.15) is 12.0 Å². The van der Waals surface area contributed by atoms with E-state index in [-0.39, 0.29) is 18.9 Å². The van der Waals surface area contributed by atoms with Crippen LogP contribution in [-0.2, 0) is 16.0 Å². The number of aliphatic hydroxyl groups is 1. The van der Waals surface area contributed by atoms with Crippen molar-refractivity contribution in [2.24, 2.45) is 0 Å². The predicted molar refractivity (Wildman–Crippen MR) is 94.8 cm³/mol. The van der Waals surface area contributed by atoms with Gasteiger partial charge in [0, 0.05) is 23.1 Å². The van der Waals surface area contributed by atoms with E-state index < -0.39 is 12.0 Å². The summed E-state index contributed by atoms with van der Waals surface area (Å²) in [5.41, 5.74) is 4.16. The molecule has 1 aliphatic heterocycles. The molecule has 1 aliphatic rings. The van der Waals surface area contributed by atoms with Gasteiger partial charge in [-0.15, -0.1) is 0 Å². The molecule has 0 unspecified atom stereocenters. The van der Waals surface area contributed by atoms with E-state index in [2.05, 4.69) is 4.98 Å². The van der Waals surface area contributed by atoms with E-state index in [4.69, 9.17) is 0 Å². The highest BCUT2D eigenvalue weighted by Crippen LogP contribution is 2.31. The number of aromatic nitrogens is 1. The highest BCUT2D eigenvalue weighted by molar-refractivity contribution is 6.04. The molecule has 0 aliphatic carbocycles. The van der Waals surface area contributed by atoms with Crippen molar-refractivity contribution in [1.29, 1.82) is 0 Å². The number of benzene rings is 2. The fourth-order valence-electron chi connectivity index (χ4n) is 3.44. The normalized spacial score (nSPS) is 17.6. The lowest BCUT2D eigenvalue weighted by Gasteiger charge is -2.14. The van der Waals surface area contributed by atoms with Crippen LogP contribution in [0.2, 0.25) is 0 Å². The molecule has 25 heavy (non-hydrogen) atoms. The monoisotopic (exact) mass is 334 g/mol. The molecule has 1 aromatic heterocycles. The molecule has 5 heteroatoms. The van der Waals surface area contributed by atoms with Crippen LogP contribution in [0.25, 0.3) is 22.2 Å². The number of aromatic amines is 1. The molecular weight excluding hydrogens is 316 g/mol. The van der Waals surface area contributed by atoms with Crippen LogP contribution in [0.3, 0.4) is 0 Å². The number of likely N-dealkylation sites (tertiary alicyclic amines) is 1. The van der Waals surface area contributed by atoms with Gasteiger partial charge in [0.15, 0.2) is 0 Å². The Balaban J connectivity index is 1.71. The summed E-state index contributed by atoms with van der Waals surface area (Å²) in [5, 5.41) is 10.7. The number of hydrogen-bond donors (Lipinski definition) is 2. The molecule has 0 spiro atoms. The SMILES string of the molecule is O=C1C[C@H](O)C(=O)N1CCc1c(-c2ccccc2)[nH]c2ccccc12. The average molecular weight is 334 g/mol. The molecule has 1 atom stereocenters. The van der Waals surface area contributed by atoms with Crippen LogP contribution in [0, 0.1) is 0 Å². The van der Waals surface area contributed by atoms with Crippen LogP contribution in [0.4, 0.5) is 0 Å². The van der Waals surface area contributed by atoms with Crippen molar-refractivity contribution >= 4 is 22.7 Å². The average Bonchev–Trinajstić information content (AvgIpc) is 3.12. The lowest BCUT2D eigenvalue weighted by molar-refractivity contribution is -0.140. The topological polar surface area (TPSA) is 73.4 Å². The molecule has 2 heterocycles. The number of fused-ring (bicyclic) bond motifs is 1. The lowest BCUT2D eigenvalue weighted by Crippen LogP contribution is -2.33. The summed E-state index contributed by atoms with van der Waals surface area (Å²) in [4.78, 5) is 28.5. The van der Waals surface area contributed by atoms with E-state index in [1.165, 1.54) is 4.90 Å². The van der Waals surface area contributed by atoms with Crippen molar-refractivity contribution in [2.45, 2.75) is 18.9 Å². The highest BCUT2D eigenvalue weighted by atomic mass is 16.3. The quantitative estimate of drug-likeness (QED) is 0.720. The van der Waals surface area contributed by atoms with Gasteiger partial charge in [-0.25, -0.2) is 0 Å². The molecule has 0 radical (unpaired) electrons. The highest BCUT2D eigenvalue weighted by Gasteiger charge is 2.37. The Morgan fingerprint density at radius 3 is 2.48 bits per heavy atom. The predicted octanol–water partition coefficient (Wildman–Crippen LogP) is 2.50. The summed E-state index contributed by atoms with van der Waals surface area (Å²) in [6.07, 6.45) is -0.763. The molecule has 0 bridgehead atoms. The molecule has 0 saturated carbocycles. The van der Waals surface area contributed by atoms with Gasteiger partial charge in [0.25, 0.3) is 5.91 Å². The first-order valence-corrected chi connectivity index (χ1v) is 8.32. The van der Waals surface area contributed by atoms with Gasteiger partial charge in [0.1, 0.15) is 6.10 Å². The maximum absolute atomic E-state index is 11.9. The second-order valence-electron chi connectivity index (χ2n) is 6.24. The van der Waals surface area contributed by atoms with Gasteiger partial charge in [0.2, 0.25) is 5.91 Å². The maximum atomic E-state index is 11.9. The Kier molecular flexibility index (Phi) is 3.86. The number of rotatable bonds is 4. The summed E-state index contributed by atoms with van der Waals surface area (Å²) in [6.45, 7) is 0.274. The van der Waals surface area contributed by atoms with E-state index in [1.807, 2.05) is 54.6 Å². The number of amides is 2. The van der Waals surface area contributed by atoms with E-state index in [0.717, 1.165) is 27.7 Å². The smallest absolute Gasteiger partial charge is 0.258 e. The minimum atomic E-state index is -1.19. The van der Waals surface area contributed by atoms with Crippen LogP contribution in [0.5, 0.6) is 0 Å². The van der Waals surface area contributed by atoms with Crippen molar-refractivity contribution in [3.05, 3.63) is 60.2 Å². The second-order valence-corrected chi connectivity index (χ2v) is 6.24. The number of carbonyl (C=O) groups is 2. The summed E-state index contributed by atoms with van der Waals surface area (Å²) in [6, 6.07) is 18.0. The van der Waals surface area contributed by atoms with Crippen LogP contribution < -0.4 is 0 Å². The molecule has 4 rings (SSSR count). The van der Waals surface area contributed by atoms with E-state index in [1.54, 1.807) is 0 Å². The minimum absolute atomic E-state index is 0.113. The van der Waals surface area contributed by atoms with Gasteiger partial charge in [-0.3, -0.25) is 14.5 Å². The molecule has 5 nitrogen and oxygen atoms in total. The van der Waals surface area contributed by atoms with E-state index in [9.17, 15) is 14.7 Å². The van der Waals surface area contributed by atoms with Gasteiger partial charge in [-0.05, 0) is 23.6 Å². The zero-order valence-electron chi connectivity index (χ0n) is 13.6. The zero-order chi connectivity index (χ0) is 17.4. The van der Waals surface area contributed by atoms with Crippen molar-refractivity contribution in [3.63, 3.8) is 0 Å². The first kappa shape index (κ1) is 15.6. The maximum Gasteiger partial charge on any atom is 0.258 e. The Labute approximate surface area is 144 Å². The van der Waals surface area contributed by atoms with Gasteiger partial charge >= 0.3 is 0 Å². The Bertz CT molecular complexity index is 946. The first-order chi connectivity index (χ1) is 12.1. The first-order valence-electron chi connectivity index (χ1n) is 8.32. The fraction of sp³-hybridized carbons (Fsp3) is 0.200. The third kappa shape index (κ3) is 2.72. The number of H-pyrrole nitrogens is 1. The molecule has 126 valence electrons. The number of carbonyl (C=O) groups excluding carboxylic acids is 2. The Morgan fingerprint density at radius 2 is 1.76 bits per heavy atom. The van der Waals surface area contributed by atoms with E-state index >= 15 is 0 Å². The molecule has 3 aromatic rings. The third-order valence-electron chi connectivity index (χ3n) is 4.68. The summed E-state index contributed by atoms with van der Waals surface area (Å²) in [5.74, 6) is -0.801. The van der Waals surface area contributed by atoms with Crippen LogP contribution >= 0.6 is 0 Å². The number of para-hydroxylation sites is 1. The Morgan fingerprint density at radius 1 is 1.04 bits per heavy atom. The molecular formula is C20H18N2O3. The van der Waals surface area contributed by atoms with Crippen LogP contribution in [0.15, 0.2) is 54.6 Å². The largest absolute Gasteiger partial charge is 0.383 e. The molecule has 1 saturated heterocycles. The van der Waals surface area contributed by atoms with Crippen molar-refractivity contribution in [1.82, 2.24) is 9.88 Å².